The molecule has 19 heavy (non-hydrogen) atoms. The topological polar surface area (TPSA) is 48.0 Å². The van der Waals surface area contributed by atoms with Crippen molar-refractivity contribution in [2.45, 2.75) is 32.2 Å². The second-order valence-corrected chi connectivity index (χ2v) is 5.13. The van der Waals surface area contributed by atoms with Gasteiger partial charge in [-0.25, -0.2) is 0 Å². The Labute approximate surface area is 112 Å². The largest absolute Gasteiger partial charge is 0.394 e. The number of nitrogens with two attached hydrogens (primary N) is 1. The third-order valence-electron chi connectivity index (χ3n) is 3.72. The van der Waals surface area contributed by atoms with E-state index in [0.29, 0.717) is 11.7 Å². The van der Waals surface area contributed by atoms with Crippen LogP contribution in [0.15, 0.2) is 41.2 Å². The summed E-state index contributed by atoms with van der Waals surface area (Å²) in [6, 6.07) is 12.4. The Morgan fingerprint density at radius 3 is 2.42 bits per heavy atom. The number of rotatable bonds is 3. The van der Waals surface area contributed by atoms with Gasteiger partial charge in [-0.1, -0.05) is 31.2 Å². The second kappa shape index (κ2) is 4.57. The summed E-state index contributed by atoms with van der Waals surface area (Å²) in [5.74, 6) is 0. The van der Waals surface area contributed by atoms with Gasteiger partial charge >= 0.3 is 0 Å². The quantitative estimate of drug-likeness (QED) is 0.915. The maximum Gasteiger partial charge on any atom is 0.274 e. The minimum atomic E-state index is -0.0560. The third kappa shape index (κ3) is 2.16. The number of nitrogen functional groups attached to an aromatic ring is 1. The van der Waals surface area contributed by atoms with Gasteiger partial charge < -0.3 is 10.3 Å². The molecule has 1 heterocycles. The van der Waals surface area contributed by atoms with Crippen LogP contribution in [0, 0.1) is 0 Å². The zero-order valence-corrected chi connectivity index (χ0v) is 11.1. The molecule has 0 amide bonds. The lowest BCUT2D eigenvalue weighted by molar-refractivity contribution is 0.718. The summed E-state index contributed by atoms with van der Waals surface area (Å²) in [5, 5.41) is 0. The van der Waals surface area contributed by atoms with Gasteiger partial charge in [-0.2, -0.15) is 0 Å². The van der Waals surface area contributed by atoms with E-state index in [0.717, 1.165) is 30.5 Å². The molecule has 0 spiro atoms. The highest BCUT2D eigenvalue weighted by Crippen LogP contribution is 2.37. The number of nitrogens with zero attached hydrogens (tertiary/aromatic N) is 1. The summed E-state index contributed by atoms with van der Waals surface area (Å²) >= 11 is 0. The molecule has 3 heteroatoms. The van der Waals surface area contributed by atoms with Gasteiger partial charge in [0, 0.05) is 6.04 Å². The maximum absolute atomic E-state index is 12.2. The first-order chi connectivity index (χ1) is 9.20. The normalized spacial score (nSPS) is 14.6. The molecule has 1 aliphatic rings. The van der Waals surface area contributed by atoms with Gasteiger partial charge in [0.2, 0.25) is 0 Å². The maximum atomic E-state index is 12.2. The molecule has 0 bridgehead atoms. The van der Waals surface area contributed by atoms with E-state index in [4.69, 9.17) is 5.73 Å². The van der Waals surface area contributed by atoms with Crippen LogP contribution in [0.4, 0.5) is 5.69 Å². The Balaban J connectivity index is 2.13. The molecule has 0 unspecified atom stereocenters. The van der Waals surface area contributed by atoms with Gasteiger partial charge in [-0.15, -0.1) is 0 Å². The Kier molecular flexibility index (Phi) is 2.90. The fourth-order valence-electron chi connectivity index (χ4n) is 2.41. The molecular weight excluding hydrogens is 236 g/mol. The van der Waals surface area contributed by atoms with Crippen molar-refractivity contribution in [2.24, 2.45) is 0 Å². The van der Waals surface area contributed by atoms with Crippen LogP contribution in [0.2, 0.25) is 0 Å². The van der Waals surface area contributed by atoms with Gasteiger partial charge in [0.05, 0.1) is 11.4 Å². The predicted octanol–water partition coefficient (Wildman–Crippen LogP) is 2.99. The summed E-state index contributed by atoms with van der Waals surface area (Å²) in [5.41, 5.74) is 9.39. The van der Waals surface area contributed by atoms with Gasteiger partial charge in [0.25, 0.3) is 5.56 Å². The van der Waals surface area contributed by atoms with E-state index in [1.807, 2.05) is 10.6 Å². The van der Waals surface area contributed by atoms with Crippen LogP contribution in [0.5, 0.6) is 0 Å². The summed E-state index contributed by atoms with van der Waals surface area (Å²) in [6.45, 7) is 2.14. The van der Waals surface area contributed by atoms with Gasteiger partial charge in [0.15, 0.2) is 0 Å². The van der Waals surface area contributed by atoms with E-state index in [9.17, 15) is 4.79 Å². The summed E-state index contributed by atoms with van der Waals surface area (Å²) < 4.78 is 1.86. The molecule has 0 aliphatic heterocycles. The van der Waals surface area contributed by atoms with Crippen molar-refractivity contribution in [2.75, 3.05) is 5.73 Å². The fraction of sp³-hybridized carbons (Fsp3) is 0.312. The Hall–Kier alpha value is -2.03. The molecule has 0 saturated heterocycles. The highest BCUT2D eigenvalue weighted by molar-refractivity contribution is 5.62. The first kappa shape index (κ1) is 12.0. The molecule has 1 saturated carbocycles. The Morgan fingerprint density at radius 2 is 1.84 bits per heavy atom. The zero-order chi connectivity index (χ0) is 13.4. The number of hydrogen-bond acceptors (Lipinski definition) is 2. The van der Waals surface area contributed by atoms with Crippen LogP contribution in [0.1, 0.15) is 31.4 Å². The molecule has 1 aromatic carbocycles. The number of anilines is 1. The lowest BCUT2D eigenvalue weighted by Gasteiger charge is -2.13. The molecule has 0 atom stereocenters. The van der Waals surface area contributed by atoms with Gasteiger partial charge in [-0.3, -0.25) is 4.79 Å². The summed E-state index contributed by atoms with van der Waals surface area (Å²) in [7, 11) is 0. The van der Waals surface area contributed by atoms with Crippen molar-refractivity contribution >= 4 is 5.69 Å². The Morgan fingerprint density at radius 1 is 1.16 bits per heavy atom. The molecule has 1 aliphatic carbocycles. The number of hydrogen-bond donors (Lipinski definition) is 1. The number of aromatic nitrogens is 1. The van der Waals surface area contributed by atoms with E-state index in [1.54, 1.807) is 6.07 Å². The van der Waals surface area contributed by atoms with E-state index in [2.05, 4.69) is 31.2 Å². The average Bonchev–Trinajstić information content (AvgIpc) is 3.26. The van der Waals surface area contributed by atoms with Crippen molar-refractivity contribution in [3.8, 4) is 11.3 Å². The fourth-order valence-corrected chi connectivity index (χ4v) is 2.41. The monoisotopic (exact) mass is 254 g/mol. The number of pyridine rings is 1. The van der Waals surface area contributed by atoms with Crippen LogP contribution in [0.25, 0.3) is 11.3 Å². The Bertz CT molecular complexity index is 651. The van der Waals surface area contributed by atoms with Crippen LogP contribution in [-0.4, -0.2) is 4.57 Å². The van der Waals surface area contributed by atoms with Crippen LogP contribution in [0.3, 0.4) is 0 Å². The predicted molar refractivity (Wildman–Crippen MR) is 78.2 cm³/mol. The first-order valence-corrected chi connectivity index (χ1v) is 6.81. The van der Waals surface area contributed by atoms with Crippen molar-refractivity contribution in [1.82, 2.24) is 4.57 Å². The highest BCUT2D eigenvalue weighted by Gasteiger charge is 2.27. The molecule has 0 radical (unpaired) electrons. The van der Waals surface area contributed by atoms with Crippen molar-refractivity contribution in [3.05, 3.63) is 52.3 Å². The smallest absolute Gasteiger partial charge is 0.274 e. The van der Waals surface area contributed by atoms with Gasteiger partial charge in [0.1, 0.15) is 0 Å². The average molecular weight is 254 g/mol. The number of aryl methyl sites for hydroxylation is 1. The SMILES string of the molecule is CCc1ccc(-c2ccc(N)c(=O)n2C2CC2)cc1. The molecule has 2 aromatic rings. The molecular formula is C16H18N2O. The van der Waals surface area contributed by atoms with Crippen molar-refractivity contribution < 1.29 is 0 Å². The molecule has 1 aromatic heterocycles. The van der Waals surface area contributed by atoms with E-state index in [1.165, 1.54) is 5.56 Å². The molecule has 3 nitrogen and oxygen atoms in total. The minimum Gasteiger partial charge on any atom is -0.394 e. The van der Waals surface area contributed by atoms with Crippen molar-refractivity contribution in [1.29, 1.82) is 0 Å². The van der Waals surface area contributed by atoms with E-state index in [-0.39, 0.29) is 5.56 Å². The van der Waals surface area contributed by atoms with Crippen molar-refractivity contribution in [3.63, 3.8) is 0 Å². The second-order valence-electron chi connectivity index (χ2n) is 5.13. The summed E-state index contributed by atoms with van der Waals surface area (Å²) in [6.07, 6.45) is 3.17. The lowest BCUT2D eigenvalue weighted by atomic mass is 10.1. The molecule has 98 valence electrons. The zero-order valence-electron chi connectivity index (χ0n) is 11.1. The van der Waals surface area contributed by atoms with Crippen LogP contribution >= 0.6 is 0 Å². The first-order valence-electron chi connectivity index (χ1n) is 6.81. The van der Waals surface area contributed by atoms with Crippen LogP contribution < -0.4 is 11.3 Å². The van der Waals surface area contributed by atoms with E-state index >= 15 is 0 Å². The number of benzene rings is 1. The van der Waals surface area contributed by atoms with Gasteiger partial charge in [-0.05, 0) is 42.5 Å². The van der Waals surface area contributed by atoms with Crippen LogP contribution in [-0.2, 0) is 6.42 Å². The summed E-state index contributed by atoms with van der Waals surface area (Å²) in [4.78, 5) is 12.2. The van der Waals surface area contributed by atoms with E-state index < -0.39 is 0 Å². The highest BCUT2D eigenvalue weighted by atomic mass is 16.1. The molecule has 3 rings (SSSR count). The lowest BCUT2D eigenvalue weighted by Crippen LogP contribution is -2.23. The molecule has 1 fully saturated rings. The standard InChI is InChI=1S/C16H18N2O/c1-2-11-3-5-12(6-4-11)15-10-9-14(17)16(19)18(15)13-7-8-13/h3-6,9-10,13H,2,7-8,17H2,1H3. The molecule has 2 N–H and O–H groups in total. The minimum absolute atomic E-state index is 0.0560. The third-order valence-corrected chi connectivity index (χ3v) is 3.72.